The zero-order valence-corrected chi connectivity index (χ0v) is 14.0. The smallest absolute Gasteiger partial charge is 0.411 e. The molecule has 0 spiro atoms. The minimum atomic E-state index is -0.551. The maximum atomic E-state index is 12.3. The van der Waals surface area contributed by atoms with Gasteiger partial charge in [0.25, 0.3) is 5.56 Å². The van der Waals surface area contributed by atoms with Gasteiger partial charge in [-0.25, -0.2) is 4.79 Å². The molecule has 0 saturated carbocycles. The van der Waals surface area contributed by atoms with E-state index in [1.165, 1.54) is 4.57 Å². The average Bonchev–Trinajstić information content (AvgIpc) is 2.70. The number of carbonyl (C=O) groups excluding carboxylic acids is 1. The van der Waals surface area contributed by atoms with E-state index in [4.69, 9.17) is 16.3 Å². The first kappa shape index (κ1) is 15.9. The van der Waals surface area contributed by atoms with Crippen molar-refractivity contribution in [1.82, 2.24) is 9.47 Å². The second-order valence-corrected chi connectivity index (χ2v) is 6.83. The van der Waals surface area contributed by atoms with Crippen LogP contribution in [0, 0.1) is 6.92 Å². The molecule has 116 valence electrons. The van der Waals surface area contributed by atoms with Gasteiger partial charge in [0.15, 0.2) is 0 Å². The summed E-state index contributed by atoms with van der Waals surface area (Å²) in [5, 5.41) is 0.217. The number of pyridine rings is 1. The molecule has 1 aromatic heterocycles. The fourth-order valence-corrected chi connectivity index (χ4v) is 2.92. The first-order valence-electron chi connectivity index (χ1n) is 6.92. The van der Waals surface area contributed by atoms with Crippen LogP contribution in [0.3, 0.4) is 0 Å². The summed E-state index contributed by atoms with van der Waals surface area (Å²) < 4.78 is 6.95. The highest BCUT2D eigenvalue weighted by atomic mass is 35.5. The first-order chi connectivity index (χ1) is 9.54. The summed E-state index contributed by atoms with van der Waals surface area (Å²) in [6.45, 7) is 9.58. The van der Waals surface area contributed by atoms with Crippen molar-refractivity contribution < 1.29 is 9.53 Å². The lowest BCUT2D eigenvalue weighted by Crippen LogP contribution is -2.35. The molecular formula is C15H21ClN2O3. The van der Waals surface area contributed by atoms with Crippen molar-refractivity contribution in [3.8, 4) is 0 Å². The van der Waals surface area contributed by atoms with Crippen molar-refractivity contribution in [2.75, 3.05) is 0 Å². The second-order valence-electron chi connectivity index (χ2n) is 6.45. The molecule has 0 bridgehead atoms. The predicted molar refractivity (Wildman–Crippen MR) is 81.6 cm³/mol. The molecule has 0 N–H and O–H groups in total. The van der Waals surface area contributed by atoms with E-state index in [9.17, 15) is 9.59 Å². The summed E-state index contributed by atoms with van der Waals surface area (Å²) in [5.74, 6) is 0. The topological polar surface area (TPSA) is 51.5 Å². The molecule has 0 saturated heterocycles. The molecule has 0 aromatic carbocycles. The van der Waals surface area contributed by atoms with Gasteiger partial charge in [0.2, 0.25) is 0 Å². The molecule has 1 atom stereocenters. The Balaban J connectivity index is 2.44. The molecule has 0 fully saturated rings. The highest BCUT2D eigenvalue weighted by Gasteiger charge is 2.37. The lowest BCUT2D eigenvalue weighted by molar-refractivity contribution is 0.0185. The van der Waals surface area contributed by atoms with E-state index in [-0.39, 0.29) is 22.7 Å². The number of fused-ring (bicyclic) bond motifs is 1. The number of ether oxygens (including phenoxy) is 1. The molecule has 5 nitrogen and oxygen atoms in total. The number of carbonyl (C=O) groups is 1. The summed E-state index contributed by atoms with van der Waals surface area (Å²) in [5.41, 5.74) is 1.72. The number of hydrogen-bond donors (Lipinski definition) is 0. The largest absolute Gasteiger partial charge is 0.444 e. The quantitative estimate of drug-likeness (QED) is 0.739. The Bertz CT molecular complexity index is 658. The molecule has 1 aliphatic heterocycles. The van der Waals surface area contributed by atoms with Gasteiger partial charge in [0.1, 0.15) is 10.6 Å². The second kappa shape index (κ2) is 5.05. The van der Waals surface area contributed by atoms with Crippen molar-refractivity contribution in [2.24, 2.45) is 7.05 Å². The van der Waals surface area contributed by atoms with Gasteiger partial charge in [0.05, 0.1) is 12.6 Å². The summed E-state index contributed by atoms with van der Waals surface area (Å²) in [4.78, 5) is 26.0. The number of amides is 1. The van der Waals surface area contributed by atoms with E-state index in [0.717, 1.165) is 16.8 Å². The SMILES string of the molecule is Cc1c2c(n(C)c(=O)c1Cl)CN(C(=O)OC(C)(C)C)[C@@H]2C. The van der Waals surface area contributed by atoms with Crippen LogP contribution in [0.15, 0.2) is 4.79 Å². The predicted octanol–water partition coefficient (Wildman–Crippen LogP) is 3.16. The van der Waals surface area contributed by atoms with Crippen LogP contribution in [0.4, 0.5) is 4.79 Å². The first-order valence-corrected chi connectivity index (χ1v) is 7.30. The molecule has 1 aromatic rings. The molecule has 2 heterocycles. The van der Waals surface area contributed by atoms with E-state index in [1.807, 2.05) is 34.6 Å². The van der Waals surface area contributed by atoms with Crippen molar-refractivity contribution >= 4 is 17.7 Å². The zero-order chi connectivity index (χ0) is 16.1. The molecule has 0 radical (unpaired) electrons. The van der Waals surface area contributed by atoms with Crippen LogP contribution in [-0.2, 0) is 18.3 Å². The third kappa shape index (κ3) is 2.67. The number of hydrogen-bond acceptors (Lipinski definition) is 3. The Morgan fingerprint density at radius 2 is 1.95 bits per heavy atom. The molecule has 0 unspecified atom stereocenters. The van der Waals surface area contributed by atoms with E-state index in [2.05, 4.69) is 0 Å². The minimum Gasteiger partial charge on any atom is -0.444 e. The standard InChI is InChI=1S/C15H21ClN2O3/c1-8-11-9(2)18(14(20)21-15(3,4)5)7-10(11)17(6)13(19)12(8)16/h9H,7H2,1-6H3/t9-/m1/s1. The summed E-state index contributed by atoms with van der Waals surface area (Å²) >= 11 is 6.10. The maximum absolute atomic E-state index is 12.3. The lowest BCUT2D eigenvalue weighted by Gasteiger charge is -2.27. The van der Waals surface area contributed by atoms with Crippen LogP contribution in [0.2, 0.25) is 5.02 Å². The number of nitrogens with zero attached hydrogens (tertiary/aromatic N) is 2. The summed E-state index contributed by atoms with van der Waals surface area (Å²) in [7, 11) is 1.68. The molecule has 0 aliphatic carbocycles. The van der Waals surface area contributed by atoms with Gasteiger partial charge in [-0.15, -0.1) is 0 Å². The van der Waals surface area contributed by atoms with Gasteiger partial charge >= 0.3 is 6.09 Å². The molecular weight excluding hydrogens is 292 g/mol. The average molecular weight is 313 g/mol. The van der Waals surface area contributed by atoms with Crippen LogP contribution in [0.5, 0.6) is 0 Å². The van der Waals surface area contributed by atoms with Gasteiger partial charge in [-0.05, 0) is 40.2 Å². The van der Waals surface area contributed by atoms with Crippen LogP contribution in [0.25, 0.3) is 0 Å². The van der Waals surface area contributed by atoms with Gasteiger partial charge in [-0.1, -0.05) is 11.6 Å². The summed E-state index contributed by atoms with van der Waals surface area (Å²) in [6.07, 6.45) is -0.380. The van der Waals surface area contributed by atoms with E-state index in [1.54, 1.807) is 11.9 Å². The maximum Gasteiger partial charge on any atom is 0.411 e. The number of aromatic nitrogens is 1. The third-order valence-electron chi connectivity index (χ3n) is 3.77. The number of halogens is 1. The molecule has 1 amide bonds. The normalized spacial score (nSPS) is 17.9. The van der Waals surface area contributed by atoms with E-state index in [0.29, 0.717) is 6.54 Å². The van der Waals surface area contributed by atoms with Crippen LogP contribution in [-0.4, -0.2) is 21.2 Å². The van der Waals surface area contributed by atoms with Crippen molar-refractivity contribution in [3.63, 3.8) is 0 Å². The summed E-state index contributed by atoms with van der Waals surface area (Å²) in [6, 6.07) is -0.167. The van der Waals surface area contributed by atoms with Gasteiger partial charge in [0, 0.05) is 18.3 Å². The van der Waals surface area contributed by atoms with Gasteiger partial charge in [-0.3, -0.25) is 9.69 Å². The van der Waals surface area contributed by atoms with Crippen molar-refractivity contribution in [2.45, 2.75) is 52.8 Å². The van der Waals surface area contributed by atoms with Gasteiger partial charge < -0.3 is 9.30 Å². The highest BCUT2D eigenvalue weighted by molar-refractivity contribution is 6.31. The van der Waals surface area contributed by atoms with Crippen molar-refractivity contribution in [3.05, 3.63) is 32.2 Å². The Morgan fingerprint density at radius 3 is 2.48 bits per heavy atom. The highest BCUT2D eigenvalue weighted by Crippen LogP contribution is 2.37. The Hall–Kier alpha value is -1.49. The Morgan fingerprint density at radius 1 is 1.38 bits per heavy atom. The Kier molecular flexibility index (Phi) is 3.82. The lowest BCUT2D eigenvalue weighted by atomic mass is 10.0. The van der Waals surface area contributed by atoms with E-state index < -0.39 is 5.60 Å². The molecule has 1 aliphatic rings. The van der Waals surface area contributed by atoms with Gasteiger partial charge in [-0.2, -0.15) is 0 Å². The fraction of sp³-hybridized carbons (Fsp3) is 0.600. The monoisotopic (exact) mass is 312 g/mol. The zero-order valence-electron chi connectivity index (χ0n) is 13.3. The third-order valence-corrected chi connectivity index (χ3v) is 4.22. The van der Waals surface area contributed by atoms with E-state index >= 15 is 0 Å². The van der Waals surface area contributed by atoms with Crippen LogP contribution >= 0.6 is 11.6 Å². The Labute approximate surface area is 129 Å². The fourth-order valence-electron chi connectivity index (χ4n) is 2.69. The molecule has 2 rings (SSSR count). The van der Waals surface area contributed by atoms with Crippen LogP contribution in [0.1, 0.15) is 50.6 Å². The molecule has 6 heteroatoms. The molecule has 21 heavy (non-hydrogen) atoms. The minimum absolute atomic E-state index is 0.167. The number of rotatable bonds is 0. The van der Waals surface area contributed by atoms with Crippen LogP contribution < -0.4 is 5.56 Å². The van der Waals surface area contributed by atoms with Crippen molar-refractivity contribution in [1.29, 1.82) is 0 Å².